The lowest BCUT2D eigenvalue weighted by Gasteiger charge is -2.15. The molecule has 0 amide bonds. The smallest absolute Gasteiger partial charge is 0.228 e. The number of pyridine rings is 1. The zero-order valence-electron chi connectivity index (χ0n) is 14.6. The van der Waals surface area contributed by atoms with Crippen molar-refractivity contribution in [1.29, 1.82) is 0 Å². The topological polar surface area (TPSA) is 37.7 Å². The first-order valence-corrected chi connectivity index (χ1v) is 9.49. The predicted molar refractivity (Wildman–Crippen MR) is 106 cm³/mol. The Hall–Kier alpha value is -1.59. The van der Waals surface area contributed by atoms with Crippen LogP contribution in [0.5, 0.6) is 5.88 Å². The Balaban J connectivity index is 1.74. The van der Waals surface area contributed by atoms with E-state index in [9.17, 15) is 0 Å². The first-order chi connectivity index (χ1) is 12.0. The summed E-state index contributed by atoms with van der Waals surface area (Å²) in [5, 5.41) is 0.772. The molecule has 3 rings (SSSR count). The molecule has 1 aromatic heterocycles. The van der Waals surface area contributed by atoms with Crippen molar-refractivity contribution in [2.75, 3.05) is 13.6 Å². The van der Waals surface area contributed by atoms with Crippen LogP contribution in [-0.4, -0.2) is 35.9 Å². The minimum Gasteiger partial charge on any atom is -0.473 e. The lowest BCUT2D eigenvalue weighted by Crippen LogP contribution is -2.17. The maximum absolute atomic E-state index is 6.15. The summed E-state index contributed by atoms with van der Waals surface area (Å²) in [5.74, 6) is 0.615. The summed E-state index contributed by atoms with van der Waals surface area (Å²) in [5.41, 5.74) is 4.23. The molecule has 0 aliphatic heterocycles. The van der Waals surface area contributed by atoms with Gasteiger partial charge in [-0.3, -0.25) is 0 Å². The number of benzene rings is 1. The highest BCUT2D eigenvalue weighted by atomic mass is 79.9. The molecule has 0 spiro atoms. The predicted octanol–water partition coefficient (Wildman–Crippen LogP) is 4.96. The van der Waals surface area contributed by atoms with Crippen molar-refractivity contribution in [3.63, 3.8) is 0 Å². The third kappa shape index (κ3) is 4.33. The average Bonchev–Trinajstić information content (AvgIpc) is 2.97. The number of hydrogen-bond donors (Lipinski definition) is 0. The third-order valence-corrected chi connectivity index (χ3v) is 5.15. The Morgan fingerprint density at radius 2 is 2.12 bits per heavy atom. The maximum atomic E-state index is 6.15. The van der Waals surface area contributed by atoms with E-state index in [-0.39, 0.29) is 6.10 Å². The number of aromatic nitrogens is 1. The van der Waals surface area contributed by atoms with Gasteiger partial charge < -0.3 is 9.64 Å². The Bertz CT molecular complexity index is 809. The lowest BCUT2D eigenvalue weighted by atomic mass is 10.1. The van der Waals surface area contributed by atoms with Gasteiger partial charge in [0.15, 0.2) is 0 Å². The standard InChI is InChI=1S/C19H21BrClN3O/c1-4-24(3)11-22-18-10-17(20)19(23-12(18)2)25-16-8-13-5-6-15(21)7-14(13)9-16/h5-7,10-11,16H,4,8-9H2,1-3H3/b22-11+. The van der Waals surface area contributed by atoms with Gasteiger partial charge in [0.2, 0.25) is 5.88 Å². The fraction of sp³-hybridized carbons (Fsp3) is 0.368. The van der Waals surface area contributed by atoms with Gasteiger partial charge in [-0.15, -0.1) is 0 Å². The molecule has 0 saturated heterocycles. The second-order valence-electron chi connectivity index (χ2n) is 6.26. The molecule has 0 saturated carbocycles. The van der Waals surface area contributed by atoms with E-state index < -0.39 is 0 Å². The lowest BCUT2D eigenvalue weighted by molar-refractivity contribution is 0.203. The summed E-state index contributed by atoms with van der Waals surface area (Å²) in [6.07, 6.45) is 3.62. The van der Waals surface area contributed by atoms with Crippen molar-refractivity contribution >= 4 is 39.6 Å². The van der Waals surface area contributed by atoms with Crippen LogP contribution in [0.2, 0.25) is 5.02 Å². The molecule has 1 unspecified atom stereocenters. The van der Waals surface area contributed by atoms with E-state index in [1.165, 1.54) is 11.1 Å². The molecule has 1 aliphatic carbocycles. The van der Waals surface area contributed by atoms with E-state index >= 15 is 0 Å². The van der Waals surface area contributed by atoms with Gasteiger partial charge in [-0.2, -0.15) is 0 Å². The molecule has 0 radical (unpaired) electrons. The molecule has 132 valence electrons. The second-order valence-corrected chi connectivity index (χ2v) is 7.55. The molecule has 25 heavy (non-hydrogen) atoms. The van der Waals surface area contributed by atoms with E-state index in [1.807, 2.05) is 43.4 Å². The van der Waals surface area contributed by atoms with Crippen molar-refractivity contribution in [3.8, 4) is 5.88 Å². The van der Waals surface area contributed by atoms with Crippen LogP contribution in [0, 0.1) is 6.92 Å². The Labute approximate surface area is 162 Å². The molecular weight excluding hydrogens is 402 g/mol. The SMILES string of the molecule is CCN(C)/C=N/c1cc(Br)c(OC2Cc3ccc(Cl)cc3C2)nc1C. The van der Waals surface area contributed by atoms with Gasteiger partial charge in [0.05, 0.1) is 22.2 Å². The van der Waals surface area contributed by atoms with Crippen LogP contribution in [0.4, 0.5) is 5.69 Å². The number of halogens is 2. The van der Waals surface area contributed by atoms with Crippen molar-refractivity contribution in [1.82, 2.24) is 9.88 Å². The Kier molecular flexibility index (Phi) is 5.64. The number of nitrogens with zero attached hydrogens (tertiary/aromatic N) is 3. The van der Waals surface area contributed by atoms with Crippen LogP contribution in [0.3, 0.4) is 0 Å². The molecular formula is C19H21BrClN3O. The number of aryl methyl sites for hydroxylation is 1. The highest BCUT2D eigenvalue weighted by molar-refractivity contribution is 9.10. The van der Waals surface area contributed by atoms with E-state index in [4.69, 9.17) is 16.3 Å². The minimum absolute atomic E-state index is 0.0808. The number of ether oxygens (including phenoxy) is 1. The van der Waals surface area contributed by atoms with Crippen LogP contribution in [0.25, 0.3) is 0 Å². The molecule has 6 heteroatoms. The summed E-state index contributed by atoms with van der Waals surface area (Å²) in [4.78, 5) is 11.1. The van der Waals surface area contributed by atoms with Gasteiger partial charge >= 0.3 is 0 Å². The van der Waals surface area contributed by atoms with Crippen molar-refractivity contribution in [2.24, 2.45) is 4.99 Å². The van der Waals surface area contributed by atoms with Gasteiger partial charge in [-0.1, -0.05) is 17.7 Å². The fourth-order valence-electron chi connectivity index (χ4n) is 2.79. The highest BCUT2D eigenvalue weighted by Gasteiger charge is 2.24. The number of hydrogen-bond acceptors (Lipinski definition) is 3. The fourth-order valence-corrected chi connectivity index (χ4v) is 3.39. The zero-order valence-corrected chi connectivity index (χ0v) is 16.9. The summed E-state index contributed by atoms with van der Waals surface area (Å²) in [7, 11) is 1.99. The number of aliphatic imine (C=N–C) groups is 1. The van der Waals surface area contributed by atoms with Crippen molar-refractivity contribution < 1.29 is 4.74 Å². The second kappa shape index (κ2) is 7.75. The molecule has 1 aromatic carbocycles. The quantitative estimate of drug-likeness (QED) is 0.504. The van der Waals surface area contributed by atoms with Gasteiger partial charge in [0, 0.05) is 31.5 Å². The van der Waals surface area contributed by atoms with Gasteiger partial charge in [-0.05, 0) is 59.1 Å². The van der Waals surface area contributed by atoms with Crippen LogP contribution < -0.4 is 4.74 Å². The monoisotopic (exact) mass is 421 g/mol. The Morgan fingerprint density at radius 1 is 1.36 bits per heavy atom. The van der Waals surface area contributed by atoms with E-state index in [0.29, 0.717) is 5.88 Å². The number of fused-ring (bicyclic) bond motifs is 1. The van der Waals surface area contributed by atoms with E-state index in [1.54, 1.807) is 0 Å². The highest BCUT2D eigenvalue weighted by Crippen LogP contribution is 2.33. The molecule has 0 bridgehead atoms. The van der Waals surface area contributed by atoms with Crippen LogP contribution >= 0.6 is 27.5 Å². The van der Waals surface area contributed by atoms with E-state index in [2.05, 4.69) is 38.9 Å². The zero-order chi connectivity index (χ0) is 18.0. The summed E-state index contributed by atoms with van der Waals surface area (Å²) >= 11 is 9.64. The first-order valence-electron chi connectivity index (χ1n) is 8.31. The molecule has 1 atom stereocenters. The number of rotatable bonds is 5. The summed E-state index contributed by atoms with van der Waals surface area (Å²) < 4.78 is 6.97. The van der Waals surface area contributed by atoms with Gasteiger partial charge in [0.25, 0.3) is 0 Å². The molecule has 0 N–H and O–H groups in total. The molecule has 4 nitrogen and oxygen atoms in total. The summed E-state index contributed by atoms with van der Waals surface area (Å²) in [6, 6.07) is 7.99. The minimum atomic E-state index is 0.0808. The van der Waals surface area contributed by atoms with Crippen molar-refractivity contribution in [2.45, 2.75) is 32.8 Å². The molecule has 1 heterocycles. The average molecular weight is 423 g/mol. The maximum Gasteiger partial charge on any atom is 0.228 e. The third-order valence-electron chi connectivity index (χ3n) is 4.34. The molecule has 1 aliphatic rings. The first kappa shape index (κ1) is 18.2. The summed E-state index contributed by atoms with van der Waals surface area (Å²) in [6.45, 7) is 4.93. The largest absolute Gasteiger partial charge is 0.473 e. The van der Waals surface area contributed by atoms with Crippen LogP contribution in [0.1, 0.15) is 23.7 Å². The van der Waals surface area contributed by atoms with Gasteiger partial charge in [0.1, 0.15) is 6.10 Å². The van der Waals surface area contributed by atoms with Gasteiger partial charge in [-0.25, -0.2) is 9.98 Å². The molecule has 0 fully saturated rings. The Morgan fingerprint density at radius 3 is 2.88 bits per heavy atom. The van der Waals surface area contributed by atoms with Crippen molar-refractivity contribution in [3.05, 3.63) is 50.6 Å². The molecule has 2 aromatic rings. The normalized spacial score (nSPS) is 16.3. The van der Waals surface area contributed by atoms with E-state index in [0.717, 1.165) is 40.3 Å². The van der Waals surface area contributed by atoms with Crippen LogP contribution in [-0.2, 0) is 12.8 Å². The van der Waals surface area contributed by atoms with Crippen LogP contribution in [0.15, 0.2) is 33.7 Å².